The molecule has 0 aliphatic carbocycles. The van der Waals surface area contributed by atoms with Gasteiger partial charge in [-0.15, -0.1) is 0 Å². The highest BCUT2D eigenvalue weighted by Crippen LogP contribution is 2.24. The summed E-state index contributed by atoms with van der Waals surface area (Å²) in [7, 11) is 0. The van der Waals surface area contributed by atoms with Crippen LogP contribution in [0.3, 0.4) is 0 Å². The molecule has 2 heterocycles. The number of carbonyl (C=O) groups is 4. The van der Waals surface area contributed by atoms with Crippen molar-refractivity contribution >= 4 is 23.8 Å². The van der Waals surface area contributed by atoms with E-state index in [-0.39, 0.29) is 17.7 Å². The summed E-state index contributed by atoms with van der Waals surface area (Å²) in [6.07, 6.45) is 0.508. The van der Waals surface area contributed by atoms with Crippen LogP contribution < -0.4 is 0 Å². The number of hydrogen-bond donors (Lipinski definition) is 2. The second-order valence-electron chi connectivity index (χ2n) is 4.17. The Kier molecular flexibility index (Phi) is 3.47. The van der Waals surface area contributed by atoms with Crippen molar-refractivity contribution in [2.24, 2.45) is 0 Å². The summed E-state index contributed by atoms with van der Waals surface area (Å²) < 4.78 is 0. The fourth-order valence-corrected chi connectivity index (χ4v) is 1.99. The van der Waals surface area contributed by atoms with Crippen LogP contribution in [0.4, 0.5) is 0 Å². The van der Waals surface area contributed by atoms with E-state index in [2.05, 4.69) is 4.98 Å². The lowest BCUT2D eigenvalue weighted by molar-refractivity contribution is -0.142. The highest BCUT2D eigenvalue weighted by atomic mass is 16.4. The Bertz CT molecular complexity index is 577. The van der Waals surface area contributed by atoms with Crippen LogP contribution >= 0.6 is 0 Å². The molecule has 0 radical (unpaired) electrons. The van der Waals surface area contributed by atoms with E-state index in [0.717, 1.165) is 0 Å². The Labute approximate surface area is 112 Å². The first kappa shape index (κ1) is 13.7. The van der Waals surface area contributed by atoms with Crippen molar-refractivity contribution in [3.63, 3.8) is 0 Å². The van der Waals surface area contributed by atoms with E-state index in [0.29, 0.717) is 4.90 Å². The second kappa shape index (κ2) is 5.08. The van der Waals surface area contributed by atoms with Crippen molar-refractivity contribution in [3.8, 4) is 0 Å². The van der Waals surface area contributed by atoms with Crippen LogP contribution in [0.15, 0.2) is 18.3 Å². The number of aromatic nitrogens is 1. The standard InChI is InChI=1S/C12H10N2O6/c15-8(16)4-3-7(12(19)20)14-10(17)6-2-1-5-13-9(6)11(14)18/h1-2,5,7H,3-4H2,(H,15,16)(H,19,20). The van der Waals surface area contributed by atoms with Crippen LogP contribution in [0.25, 0.3) is 0 Å². The molecular formula is C12H10N2O6. The summed E-state index contributed by atoms with van der Waals surface area (Å²) in [4.78, 5) is 50.1. The molecular weight excluding hydrogens is 268 g/mol. The van der Waals surface area contributed by atoms with Gasteiger partial charge in [0.25, 0.3) is 11.8 Å². The number of carboxylic acids is 2. The molecule has 2 rings (SSSR count). The zero-order valence-corrected chi connectivity index (χ0v) is 10.1. The summed E-state index contributed by atoms with van der Waals surface area (Å²) in [5.41, 5.74) is -0.0850. The smallest absolute Gasteiger partial charge is 0.326 e. The highest BCUT2D eigenvalue weighted by Gasteiger charge is 2.43. The Hall–Kier alpha value is -2.77. The van der Waals surface area contributed by atoms with Gasteiger partial charge in [0.2, 0.25) is 0 Å². The minimum absolute atomic E-state index is 0.0269. The predicted molar refractivity (Wildman–Crippen MR) is 63.0 cm³/mol. The maximum atomic E-state index is 12.1. The van der Waals surface area contributed by atoms with E-state index in [1.54, 1.807) is 0 Å². The number of pyridine rings is 1. The second-order valence-corrected chi connectivity index (χ2v) is 4.17. The first-order valence-electron chi connectivity index (χ1n) is 5.71. The van der Waals surface area contributed by atoms with Crippen molar-refractivity contribution in [1.82, 2.24) is 9.88 Å². The van der Waals surface area contributed by atoms with Gasteiger partial charge in [0.1, 0.15) is 11.7 Å². The Morgan fingerprint density at radius 3 is 2.50 bits per heavy atom. The first-order chi connectivity index (χ1) is 9.43. The number of fused-ring (bicyclic) bond motifs is 1. The van der Waals surface area contributed by atoms with Crippen LogP contribution in [0.1, 0.15) is 33.7 Å². The van der Waals surface area contributed by atoms with Gasteiger partial charge in [-0.25, -0.2) is 4.79 Å². The first-order valence-corrected chi connectivity index (χ1v) is 5.71. The van der Waals surface area contributed by atoms with Crippen LogP contribution in [0, 0.1) is 0 Å². The average molecular weight is 278 g/mol. The van der Waals surface area contributed by atoms with Gasteiger partial charge in [-0.05, 0) is 18.6 Å². The zero-order valence-electron chi connectivity index (χ0n) is 10.1. The molecule has 0 aromatic carbocycles. The number of aliphatic carboxylic acids is 2. The van der Waals surface area contributed by atoms with Gasteiger partial charge in [0.05, 0.1) is 5.56 Å². The van der Waals surface area contributed by atoms with E-state index in [1.165, 1.54) is 18.3 Å². The number of hydrogen-bond acceptors (Lipinski definition) is 5. The number of nitrogens with zero attached hydrogens (tertiary/aromatic N) is 2. The molecule has 1 unspecified atom stereocenters. The minimum Gasteiger partial charge on any atom is -0.481 e. The summed E-state index contributed by atoms with van der Waals surface area (Å²) >= 11 is 0. The summed E-state index contributed by atoms with van der Waals surface area (Å²) in [6.45, 7) is 0. The molecule has 0 bridgehead atoms. The Morgan fingerprint density at radius 2 is 1.95 bits per heavy atom. The molecule has 0 saturated heterocycles. The average Bonchev–Trinajstić information content (AvgIpc) is 2.64. The molecule has 104 valence electrons. The maximum absolute atomic E-state index is 12.1. The molecule has 2 amide bonds. The molecule has 1 aromatic heterocycles. The Balaban J connectivity index is 2.32. The third-order valence-corrected chi connectivity index (χ3v) is 2.91. The monoisotopic (exact) mass is 278 g/mol. The summed E-state index contributed by atoms with van der Waals surface area (Å²) in [5.74, 6) is -4.22. The fourth-order valence-electron chi connectivity index (χ4n) is 1.99. The molecule has 8 heteroatoms. The Morgan fingerprint density at radius 1 is 1.25 bits per heavy atom. The fraction of sp³-hybridized carbons (Fsp3) is 0.250. The molecule has 20 heavy (non-hydrogen) atoms. The number of carbonyl (C=O) groups excluding carboxylic acids is 2. The molecule has 1 aliphatic rings. The van der Waals surface area contributed by atoms with Gasteiger partial charge in [-0.1, -0.05) is 0 Å². The number of imide groups is 1. The minimum atomic E-state index is -1.51. The SMILES string of the molecule is O=C(O)CCC(C(=O)O)N1C(=O)c2cccnc2C1=O. The van der Waals surface area contributed by atoms with Crippen LogP contribution in [0.2, 0.25) is 0 Å². The van der Waals surface area contributed by atoms with Crippen LogP contribution in [-0.2, 0) is 9.59 Å². The molecule has 1 aromatic rings. The van der Waals surface area contributed by atoms with Gasteiger partial charge in [0.15, 0.2) is 0 Å². The van der Waals surface area contributed by atoms with Crippen LogP contribution in [-0.4, -0.2) is 49.9 Å². The van der Waals surface area contributed by atoms with Gasteiger partial charge in [-0.2, -0.15) is 0 Å². The van der Waals surface area contributed by atoms with Crippen molar-refractivity contribution in [1.29, 1.82) is 0 Å². The molecule has 0 fully saturated rings. The van der Waals surface area contributed by atoms with Gasteiger partial charge in [-0.3, -0.25) is 24.3 Å². The lowest BCUT2D eigenvalue weighted by Gasteiger charge is -2.21. The van der Waals surface area contributed by atoms with Crippen molar-refractivity contribution in [2.45, 2.75) is 18.9 Å². The van der Waals surface area contributed by atoms with E-state index >= 15 is 0 Å². The van der Waals surface area contributed by atoms with Gasteiger partial charge >= 0.3 is 11.9 Å². The molecule has 2 N–H and O–H groups in total. The van der Waals surface area contributed by atoms with Gasteiger partial charge < -0.3 is 10.2 Å². The molecule has 0 spiro atoms. The van der Waals surface area contributed by atoms with Crippen molar-refractivity contribution < 1.29 is 29.4 Å². The number of rotatable bonds is 5. The van der Waals surface area contributed by atoms with Crippen LogP contribution in [0.5, 0.6) is 0 Å². The summed E-state index contributed by atoms with van der Waals surface area (Å²) in [5, 5.41) is 17.7. The topological polar surface area (TPSA) is 125 Å². The summed E-state index contributed by atoms with van der Waals surface area (Å²) in [6, 6.07) is 1.32. The lowest BCUT2D eigenvalue weighted by Crippen LogP contribution is -2.45. The quantitative estimate of drug-likeness (QED) is 0.726. The van der Waals surface area contributed by atoms with E-state index in [4.69, 9.17) is 10.2 Å². The predicted octanol–water partition coefficient (Wildman–Crippen LogP) is -0.00440. The highest BCUT2D eigenvalue weighted by molar-refractivity contribution is 6.21. The third-order valence-electron chi connectivity index (χ3n) is 2.91. The van der Waals surface area contributed by atoms with E-state index in [9.17, 15) is 19.2 Å². The normalized spacial score (nSPS) is 15.1. The van der Waals surface area contributed by atoms with Gasteiger partial charge in [0, 0.05) is 12.6 Å². The third kappa shape index (κ3) is 2.22. The number of carboxylic acid groups (broad SMARTS) is 2. The molecule has 1 atom stereocenters. The van der Waals surface area contributed by atoms with E-state index in [1.807, 2.05) is 0 Å². The molecule has 8 nitrogen and oxygen atoms in total. The lowest BCUT2D eigenvalue weighted by atomic mass is 10.1. The maximum Gasteiger partial charge on any atom is 0.326 e. The molecule has 0 saturated carbocycles. The van der Waals surface area contributed by atoms with E-state index < -0.39 is 36.2 Å². The zero-order chi connectivity index (χ0) is 14.9. The van der Waals surface area contributed by atoms with Crippen molar-refractivity contribution in [3.05, 3.63) is 29.6 Å². The molecule has 1 aliphatic heterocycles. The van der Waals surface area contributed by atoms with Crippen molar-refractivity contribution in [2.75, 3.05) is 0 Å². The largest absolute Gasteiger partial charge is 0.481 e. The number of amides is 2.